The van der Waals surface area contributed by atoms with E-state index >= 15 is 0 Å². The first-order valence-corrected chi connectivity index (χ1v) is 8.39. The third-order valence-electron chi connectivity index (χ3n) is 3.56. The van der Waals surface area contributed by atoms with Gasteiger partial charge in [0.05, 0.1) is 11.9 Å². The summed E-state index contributed by atoms with van der Waals surface area (Å²) in [5.41, 5.74) is 1.31. The van der Waals surface area contributed by atoms with Gasteiger partial charge in [-0.3, -0.25) is 4.68 Å². The van der Waals surface area contributed by atoms with Crippen LogP contribution in [0.5, 0.6) is 0 Å². The van der Waals surface area contributed by atoms with E-state index in [9.17, 15) is 8.42 Å². The lowest BCUT2D eigenvalue weighted by atomic mass is 9.92. The second-order valence-corrected chi connectivity index (χ2v) is 7.45. The van der Waals surface area contributed by atoms with Gasteiger partial charge in [-0.2, -0.15) is 5.10 Å². The molecule has 0 atom stereocenters. The minimum atomic E-state index is -2.84. The molecule has 1 aliphatic heterocycles. The minimum Gasteiger partial charge on any atom is -0.302 e. The first kappa shape index (κ1) is 13.5. The van der Waals surface area contributed by atoms with Crippen LogP contribution < -0.4 is 0 Å². The summed E-state index contributed by atoms with van der Waals surface area (Å²) in [6, 6.07) is 0. The third kappa shape index (κ3) is 3.81. The molecular weight excluding hydrogens is 250 g/mol. The van der Waals surface area contributed by atoms with Gasteiger partial charge in [0, 0.05) is 26.0 Å². The fourth-order valence-electron chi connectivity index (χ4n) is 2.44. The van der Waals surface area contributed by atoms with Crippen molar-refractivity contribution in [2.75, 3.05) is 31.6 Å². The lowest BCUT2D eigenvalue weighted by Crippen LogP contribution is -2.36. The molecule has 6 heteroatoms. The standard InChI is InChI=1S/C12H21N3O2S/c1-14-10-12(9-13-14)11-3-5-15(6-4-11)7-8-18(2,16)17/h9-11H,3-8H2,1-2H3. The first-order chi connectivity index (χ1) is 8.44. The minimum absolute atomic E-state index is 0.268. The van der Waals surface area contributed by atoms with E-state index in [-0.39, 0.29) is 5.75 Å². The Labute approximate surface area is 109 Å². The molecule has 2 heterocycles. The van der Waals surface area contributed by atoms with Gasteiger partial charge in [0.25, 0.3) is 0 Å². The highest BCUT2D eigenvalue weighted by Crippen LogP contribution is 2.27. The fraction of sp³-hybridized carbons (Fsp3) is 0.750. The molecule has 1 fully saturated rings. The van der Waals surface area contributed by atoms with Crippen molar-refractivity contribution in [3.05, 3.63) is 18.0 Å². The summed E-state index contributed by atoms with van der Waals surface area (Å²) in [4.78, 5) is 2.24. The van der Waals surface area contributed by atoms with Crippen molar-refractivity contribution >= 4 is 9.84 Å². The fourth-order valence-corrected chi connectivity index (χ4v) is 3.03. The molecule has 0 radical (unpaired) electrons. The second-order valence-electron chi connectivity index (χ2n) is 5.19. The number of hydrogen-bond acceptors (Lipinski definition) is 4. The van der Waals surface area contributed by atoms with E-state index in [1.807, 2.05) is 17.9 Å². The normalized spacial score (nSPS) is 19.2. The van der Waals surface area contributed by atoms with Gasteiger partial charge in [-0.05, 0) is 37.4 Å². The Hall–Kier alpha value is -0.880. The summed E-state index contributed by atoms with van der Waals surface area (Å²) in [5.74, 6) is 0.845. The van der Waals surface area contributed by atoms with E-state index in [0.29, 0.717) is 12.5 Å². The van der Waals surface area contributed by atoms with E-state index in [0.717, 1.165) is 25.9 Å². The molecule has 1 aromatic rings. The Morgan fingerprint density at radius 2 is 2.06 bits per heavy atom. The maximum Gasteiger partial charge on any atom is 0.148 e. The molecule has 5 nitrogen and oxygen atoms in total. The molecule has 0 N–H and O–H groups in total. The second kappa shape index (κ2) is 5.40. The van der Waals surface area contributed by atoms with E-state index < -0.39 is 9.84 Å². The monoisotopic (exact) mass is 271 g/mol. The van der Waals surface area contributed by atoms with Crippen LogP contribution in [-0.4, -0.2) is 54.7 Å². The zero-order valence-corrected chi connectivity index (χ0v) is 11.9. The number of likely N-dealkylation sites (tertiary alicyclic amines) is 1. The van der Waals surface area contributed by atoms with Crippen LogP contribution >= 0.6 is 0 Å². The molecular formula is C12H21N3O2S. The molecule has 1 aromatic heterocycles. The Morgan fingerprint density at radius 3 is 2.56 bits per heavy atom. The van der Waals surface area contributed by atoms with Gasteiger partial charge in [0.15, 0.2) is 0 Å². The van der Waals surface area contributed by atoms with Gasteiger partial charge in [0.2, 0.25) is 0 Å². The Morgan fingerprint density at radius 1 is 1.39 bits per heavy atom. The van der Waals surface area contributed by atoms with Crippen molar-refractivity contribution in [1.82, 2.24) is 14.7 Å². The molecule has 0 aliphatic carbocycles. The number of piperidine rings is 1. The number of aryl methyl sites for hydroxylation is 1. The number of hydrogen-bond donors (Lipinski definition) is 0. The van der Waals surface area contributed by atoms with Crippen molar-refractivity contribution < 1.29 is 8.42 Å². The molecule has 2 rings (SSSR count). The lowest BCUT2D eigenvalue weighted by molar-refractivity contribution is 0.223. The molecule has 0 amide bonds. The van der Waals surface area contributed by atoms with Gasteiger partial charge in [-0.1, -0.05) is 0 Å². The van der Waals surface area contributed by atoms with Crippen LogP contribution in [0.4, 0.5) is 0 Å². The molecule has 18 heavy (non-hydrogen) atoms. The predicted molar refractivity (Wildman–Crippen MR) is 71.3 cm³/mol. The SMILES string of the molecule is Cn1cc(C2CCN(CCS(C)(=O)=O)CC2)cn1. The summed E-state index contributed by atoms with van der Waals surface area (Å²) in [7, 11) is -0.906. The average molecular weight is 271 g/mol. The number of aromatic nitrogens is 2. The van der Waals surface area contributed by atoms with Crippen molar-refractivity contribution in [3.8, 4) is 0 Å². The Bertz CT molecular complexity index is 487. The van der Waals surface area contributed by atoms with Crippen LogP contribution in [0.15, 0.2) is 12.4 Å². The van der Waals surface area contributed by atoms with Crippen molar-refractivity contribution in [1.29, 1.82) is 0 Å². The summed E-state index contributed by atoms with van der Waals surface area (Å²) in [6.07, 6.45) is 7.51. The molecule has 1 saturated heterocycles. The average Bonchev–Trinajstić information content (AvgIpc) is 2.73. The predicted octanol–water partition coefficient (Wildman–Crippen LogP) is 0.644. The molecule has 0 aromatic carbocycles. The summed E-state index contributed by atoms with van der Waals surface area (Å²) in [6.45, 7) is 2.63. The summed E-state index contributed by atoms with van der Waals surface area (Å²) in [5, 5.41) is 4.20. The van der Waals surface area contributed by atoms with E-state index in [2.05, 4.69) is 16.2 Å². The van der Waals surface area contributed by atoms with Gasteiger partial charge in [0.1, 0.15) is 9.84 Å². The highest BCUT2D eigenvalue weighted by molar-refractivity contribution is 7.90. The first-order valence-electron chi connectivity index (χ1n) is 6.33. The van der Waals surface area contributed by atoms with E-state index in [1.165, 1.54) is 11.8 Å². The number of rotatable bonds is 4. The quantitative estimate of drug-likeness (QED) is 0.806. The number of nitrogens with zero attached hydrogens (tertiary/aromatic N) is 3. The van der Waals surface area contributed by atoms with E-state index in [1.54, 1.807) is 0 Å². The smallest absolute Gasteiger partial charge is 0.148 e. The van der Waals surface area contributed by atoms with Crippen LogP contribution in [0, 0.1) is 0 Å². The molecule has 0 unspecified atom stereocenters. The van der Waals surface area contributed by atoms with Gasteiger partial charge in [-0.15, -0.1) is 0 Å². The molecule has 0 bridgehead atoms. The zero-order chi connectivity index (χ0) is 13.2. The Kier molecular flexibility index (Phi) is 4.07. The van der Waals surface area contributed by atoms with Crippen LogP contribution in [0.3, 0.4) is 0 Å². The van der Waals surface area contributed by atoms with Crippen LogP contribution in [0.25, 0.3) is 0 Å². The zero-order valence-electron chi connectivity index (χ0n) is 11.0. The Balaban J connectivity index is 1.81. The van der Waals surface area contributed by atoms with Crippen LogP contribution in [0.1, 0.15) is 24.3 Å². The summed E-state index contributed by atoms with van der Waals surface area (Å²) >= 11 is 0. The van der Waals surface area contributed by atoms with Crippen molar-refractivity contribution in [3.63, 3.8) is 0 Å². The summed E-state index contributed by atoms with van der Waals surface area (Å²) < 4.78 is 24.1. The third-order valence-corrected chi connectivity index (χ3v) is 4.49. The van der Waals surface area contributed by atoms with Gasteiger partial charge >= 0.3 is 0 Å². The highest BCUT2D eigenvalue weighted by Gasteiger charge is 2.21. The number of sulfone groups is 1. The van der Waals surface area contributed by atoms with Crippen molar-refractivity contribution in [2.45, 2.75) is 18.8 Å². The van der Waals surface area contributed by atoms with E-state index in [4.69, 9.17) is 0 Å². The maximum absolute atomic E-state index is 11.1. The molecule has 102 valence electrons. The largest absolute Gasteiger partial charge is 0.302 e. The maximum atomic E-state index is 11.1. The molecule has 1 aliphatic rings. The highest BCUT2D eigenvalue weighted by atomic mass is 32.2. The van der Waals surface area contributed by atoms with Crippen LogP contribution in [0.2, 0.25) is 0 Å². The topological polar surface area (TPSA) is 55.2 Å². The van der Waals surface area contributed by atoms with Gasteiger partial charge < -0.3 is 4.90 Å². The lowest BCUT2D eigenvalue weighted by Gasteiger charge is -2.31. The molecule has 0 spiro atoms. The molecule has 0 saturated carbocycles. The van der Waals surface area contributed by atoms with Crippen LogP contribution in [-0.2, 0) is 16.9 Å². The van der Waals surface area contributed by atoms with Gasteiger partial charge in [-0.25, -0.2) is 8.42 Å². The van der Waals surface area contributed by atoms with Crippen molar-refractivity contribution in [2.24, 2.45) is 7.05 Å².